The molecule has 1 aromatic heterocycles. The third-order valence-corrected chi connectivity index (χ3v) is 6.96. The molecule has 0 aliphatic rings. The van der Waals surface area contributed by atoms with Crippen molar-refractivity contribution in [2.24, 2.45) is 0 Å². The molecule has 204 valence electrons. The molecule has 4 aromatic carbocycles. The number of carbonyl (C=O) groups excluding carboxylic acids is 1. The van der Waals surface area contributed by atoms with Gasteiger partial charge < -0.3 is 15.5 Å². The standard InChI is InChI=1S/C33H27ClN4O3/c34-27-12-9-25(10-13-27)32-29(14-8-21-2-1-3-24(16-21)17-31(39)40)37-30-18-26(11-15-28(30)38-32)33(41)36-20-23-6-4-22(19-35)5-7-23/h1-7,9-13,15-16,18,31,39-40H,8,14,17,20H2,(H,36,41). The minimum absolute atomic E-state index is 0.162. The molecule has 0 saturated heterocycles. The zero-order chi connectivity index (χ0) is 28.8. The molecule has 5 rings (SSSR count). The molecule has 0 aliphatic carbocycles. The highest BCUT2D eigenvalue weighted by molar-refractivity contribution is 6.30. The maximum absolute atomic E-state index is 12.9. The largest absolute Gasteiger partial charge is 0.368 e. The van der Waals surface area contributed by atoms with Crippen LogP contribution in [-0.2, 0) is 25.8 Å². The van der Waals surface area contributed by atoms with E-state index in [0.717, 1.165) is 33.6 Å². The molecule has 0 unspecified atom stereocenters. The molecule has 8 heteroatoms. The van der Waals surface area contributed by atoms with Crippen LogP contribution >= 0.6 is 11.6 Å². The second-order valence-corrected chi connectivity index (χ2v) is 10.2. The smallest absolute Gasteiger partial charge is 0.251 e. The van der Waals surface area contributed by atoms with Crippen molar-refractivity contribution in [3.63, 3.8) is 0 Å². The lowest BCUT2D eigenvalue weighted by atomic mass is 10.0. The van der Waals surface area contributed by atoms with Crippen LogP contribution < -0.4 is 5.32 Å². The lowest BCUT2D eigenvalue weighted by Gasteiger charge is -2.12. The van der Waals surface area contributed by atoms with Crippen LogP contribution in [0.3, 0.4) is 0 Å². The van der Waals surface area contributed by atoms with Gasteiger partial charge in [0.05, 0.1) is 34.1 Å². The van der Waals surface area contributed by atoms with E-state index in [4.69, 9.17) is 26.8 Å². The Morgan fingerprint density at radius 3 is 2.34 bits per heavy atom. The molecule has 5 aromatic rings. The van der Waals surface area contributed by atoms with Crippen molar-refractivity contribution in [1.82, 2.24) is 15.3 Å². The minimum atomic E-state index is -1.40. The van der Waals surface area contributed by atoms with Gasteiger partial charge in [0.2, 0.25) is 0 Å². The summed E-state index contributed by atoms with van der Waals surface area (Å²) in [6.07, 6.45) is 0.0150. The van der Waals surface area contributed by atoms with Gasteiger partial charge in [-0.05, 0) is 72.0 Å². The summed E-state index contributed by atoms with van der Waals surface area (Å²) in [5.74, 6) is -0.232. The SMILES string of the molecule is N#Cc1ccc(CNC(=O)c2ccc3nc(-c4ccc(Cl)cc4)c(CCc4cccc(CC(O)O)c4)nc3c2)cc1. The fourth-order valence-electron chi connectivity index (χ4n) is 4.61. The number of hydrogen-bond acceptors (Lipinski definition) is 6. The van der Waals surface area contributed by atoms with Crippen LogP contribution in [0.25, 0.3) is 22.3 Å². The number of halogens is 1. The summed E-state index contributed by atoms with van der Waals surface area (Å²) in [5, 5.41) is 31.2. The number of hydrogen-bond donors (Lipinski definition) is 3. The maximum atomic E-state index is 12.9. The molecule has 1 amide bonds. The Hall–Kier alpha value is -4.61. The average molecular weight is 563 g/mol. The summed E-state index contributed by atoms with van der Waals surface area (Å²) in [6, 6.07) is 29.6. The maximum Gasteiger partial charge on any atom is 0.251 e. The number of aliphatic hydroxyl groups excluding tert-OH is 1. The number of aryl methyl sites for hydroxylation is 2. The molecule has 0 bridgehead atoms. The van der Waals surface area contributed by atoms with E-state index in [-0.39, 0.29) is 12.3 Å². The fraction of sp³-hybridized carbons (Fsp3) is 0.152. The van der Waals surface area contributed by atoms with Crippen molar-refractivity contribution in [2.75, 3.05) is 0 Å². The first-order valence-corrected chi connectivity index (χ1v) is 13.5. The Morgan fingerprint density at radius 2 is 1.61 bits per heavy atom. The molecular weight excluding hydrogens is 536 g/mol. The molecule has 0 fully saturated rings. The van der Waals surface area contributed by atoms with Gasteiger partial charge in [-0.15, -0.1) is 0 Å². The molecule has 7 nitrogen and oxygen atoms in total. The van der Waals surface area contributed by atoms with Crippen LogP contribution in [0.5, 0.6) is 0 Å². The van der Waals surface area contributed by atoms with Crippen molar-refractivity contribution >= 4 is 28.5 Å². The van der Waals surface area contributed by atoms with Gasteiger partial charge in [0.25, 0.3) is 5.91 Å². The second kappa shape index (κ2) is 12.7. The van der Waals surface area contributed by atoms with Crippen LogP contribution in [0, 0.1) is 11.3 Å². The first-order valence-electron chi connectivity index (χ1n) is 13.2. The Balaban J connectivity index is 1.42. The molecule has 3 N–H and O–H groups in total. The highest BCUT2D eigenvalue weighted by Gasteiger charge is 2.14. The van der Waals surface area contributed by atoms with Crippen LogP contribution in [0.2, 0.25) is 5.02 Å². The number of aromatic nitrogens is 2. The third kappa shape index (κ3) is 7.13. The van der Waals surface area contributed by atoms with Gasteiger partial charge in [-0.1, -0.05) is 60.1 Å². The van der Waals surface area contributed by atoms with Crippen molar-refractivity contribution < 1.29 is 15.0 Å². The number of amides is 1. The van der Waals surface area contributed by atoms with Crippen molar-refractivity contribution in [1.29, 1.82) is 5.26 Å². The van der Waals surface area contributed by atoms with Crippen LogP contribution in [0.4, 0.5) is 0 Å². The topological polar surface area (TPSA) is 119 Å². The molecule has 0 radical (unpaired) electrons. The Morgan fingerprint density at radius 1 is 0.854 bits per heavy atom. The van der Waals surface area contributed by atoms with E-state index in [2.05, 4.69) is 11.4 Å². The minimum Gasteiger partial charge on any atom is -0.368 e. The van der Waals surface area contributed by atoms with E-state index in [9.17, 15) is 15.0 Å². The van der Waals surface area contributed by atoms with E-state index in [0.29, 0.717) is 46.6 Å². The zero-order valence-electron chi connectivity index (χ0n) is 22.1. The summed E-state index contributed by atoms with van der Waals surface area (Å²) >= 11 is 6.13. The predicted octanol–water partition coefficient (Wildman–Crippen LogP) is 5.39. The molecule has 0 saturated carbocycles. The Labute approximate surface area is 242 Å². The number of nitrogens with zero attached hydrogens (tertiary/aromatic N) is 3. The first kappa shape index (κ1) is 27.9. The average Bonchev–Trinajstić information content (AvgIpc) is 2.98. The van der Waals surface area contributed by atoms with E-state index in [1.165, 1.54) is 0 Å². The summed E-state index contributed by atoms with van der Waals surface area (Å²) in [7, 11) is 0. The van der Waals surface area contributed by atoms with E-state index in [1.54, 1.807) is 30.3 Å². The molecular formula is C33H27ClN4O3. The van der Waals surface area contributed by atoms with Crippen LogP contribution in [0.1, 0.15) is 38.3 Å². The number of nitrogens with one attached hydrogen (secondary N) is 1. The van der Waals surface area contributed by atoms with Gasteiger partial charge in [-0.2, -0.15) is 5.26 Å². The summed E-state index contributed by atoms with van der Waals surface area (Å²) in [4.78, 5) is 22.8. The van der Waals surface area contributed by atoms with Gasteiger partial charge in [0.15, 0.2) is 6.29 Å². The molecule has 0 atom stereocenters. The van der Waals surface area contributed by atoms with Gasteiger partial charge in [-0.25, -0.2) is 9.97 Å². The lowest BCUT2D eigenvalue weighted by Crippen LogP contribution is -2.22. The van der Waals surface area contributed by atoms with Crippen molar-refractivity contribution in [3.8, 4) is 17.3 Å². The summed E-state index contributed by atoms with van der Waals surface area (Å²) < 4.78 is 0. The first-order chi connectivity index (χ1) is 19.9. The van der Waals surface area contributed by atoms with Crippen molar-refractivity contribution in [2.45, 2.75) is 32.1 Å². The van der Waals surface area contributed by atoms with E-state index in [1.807, 2.05) is 60.7 Å². The number of nitriles is 1. The third-order valence-electron chi connectivity index (χ3n) is 6.71. The van der Waals surface area contributed by atoms with Crippen LogP contribution in [0.15, 0.2) is 91.0 Å². The second-order valence-electron chi connectivity index (χ2n) is 9.73. The van der Waals surface area contributed by atoms with Crippen LogP contribution in [-0.4, -0.2) is 32.4 Å². The highest BCUT2D eigenvalue weighted by atomic mass is 35.5. The van der Waals surface area contributed by atoms with Crippen molar-refractivity contribution in [3.05, 3.63) is 130 Å². The van der Waals surface area contributed by atoms with Gasteiger partial charge in [-0.3, -0.25) is 4.79 Å². The normalized spacial score (nSPS) is 11.0. The van der Waals surface area contributed by atoms with E-state index < -0.39 is 6.29 Å². The quantitative estimate of drug-likeness (QED) is 0.207. The molecule has 1 heterocycles. The molecule has 41 heavy (non-hydrogen) atoms. The number of aliphatic hydroxyl groups is 2. The number of benzene rings is 4. The van der Waals surface area contributed by atoms with E-state index >= 15 is 0 Å². The summed E-state index contributed by atoms with van der Waals surface area (Å²) in [5.41, 5.74) is 7.52. The Bertz CT molecular complexity index is 1730. The van der Waals surface area contributed by atoms with Gasteiger partial charge in [0, 0.05) is 29.1 Å². The fourth-order valence-corrected chi connectivity index (χ4v) is 4.74. The molecule has 0 spiro atoms. The number of rotatable bonds is 9. The Kier molecular flexibility index (Phi) is 8.66. The number of fused-ring (bicyclic) bond motifs is 1. The number of carbonyl (C=O) groups is 1. The lowest BCUT2D eigenvalue weighted by molar-refractivity contribution is -0.0381. The predicted molar refractivity (Wildman–Crippen MR) is 158 cm³/mol. The molecule has 0 aliphatic heterocycles. The van der Waals surface area contributed by atoms with Gasteiger partial charge >= 0.3 is 0 Å². The highest BCUT2D eigenvalue weighted by Crippen LogP contribution is 2.27. The zero-order valence-corrected chi connectivity index (χ0v) is 22.8. The summed E-state index contributed by atoms with van der Waals surface area (Å²) in [6.45, 7) is 0.335. The van der Waals surface area contributed by atoms with Gasteiger partial charge in [0.1, 0.15) is 0 Å². The monoisotopic (exact) mass is 562 g/mol.